The number of rotatable bonds is 5. The number of hydrogen-bond donors (Lipinski definition) is 2. The number of aliphatic hydroxyl groups is 1. The number of piperidine rings is 2. The van der Waals surface area contributed by atoms with Crippen LogP contribution in [0.1, 0.15) is 88.5 Å². The third-order valence-corrected chi connectivity index (χ3v) is 7.28. The van der Waals surface area contributed by atoms with Gasteiger partial charge in [-0.25, -0.2) is 9.59 Å². The van der Waals surface area contributed by atoms with Gasteiger partial charge in [-0.2, -0.15) is 0 Å². The number of nitrogens with two attached hydrogens (primary N) is 1. The van der Waals surface area contributed by atoms with Gasteiger partial charge in [-0.05, 0) is 117 Å². The molecular formula is C36H58N4O9. The molecule has 2 fully saturated rings. The van der Waals surface area contributed by atoms with E-state index in [1.165, 1.54) is 12.1 Å². The molecule has 2 amide bonds. The average molecular weight is 691 g/mol. The molecule has 2 aromatic rings. The summed E-state index contributed by atoms with van der Waals surface area (Å²) in [4.78, 5) is 38.1. The van der Waals surface area contributed by atoms with Crippen molar-refractivity contribution in [2.75, 3.05) is 39.0 Å². The molecule has 0 bridgehead atoms. The summed E-state index contributed by atoms with van der Waals surface area (Å²) in [6, 6.07) is 13.3. The van der Waals surface area contributed by atoms with Crippen molar-refractivity contribution in [3.8, 4) is 11.5 Å². The second kappa shape index (κ2) is 17.9. The van der Waals surface area contributed by atoms with Crippen molar-refractivity contribution in [1.29, 1.82) is 0 Å². The molecule has 13 heteroatoms. The maximum absolute atomic E-state index is 12.2. The zero-order valence-electron chi connectivity index (χ0n) is 29.9. The Morgan fingerprint density at radius 3 is 1.43 bits per heavy atom. The minimum atomic E-state index is -0.550. The van der Waals surface area contributed by atoms with Crippen molar-refractivity contribution >= 4 is 23.6 Å². The van der Waals surface area contributed by atoms with Crippen LogP contribution in [0, 0.1) is 10.1 Å². The Morgan fingerprint density at radius 1 is 0.755 bits per heavy atom. The van der Waals surface area contributed by atoms with Gasteiger partial charge in [-0.3, -0.25) is 10.1 Å². The minimum absolute atomic E-state index is 0. The lowest BCUT2D eigenvalue weighted by Crippen LogP contribution is -2.52. The van der Waals surface area contributed by atoms with Gasteiger partial charge < -0.3 is 39.6 Å². The molecule has 2 saturated heterocycles. The monoisotopic (exact) mass is 690 g/mol. The molecular weight excluding hydrogens is 632 g/mol. The van der Waals surface area contributed by atoms with Gasteiger partial charge in [-0.15, -0.1) is 0 Å². The van der Waals surface area contributed by atoms with Crippen LogP contribution in [0.15, 0.2) is 48.5 Å². The summed E-state index contributed by atoms with van der Waals surface area (Å²) in [5.74, 6) is 1.32. The fraction of sp³-hybridized carbons (Fsp3) is 0.611. The lowest BCUT2D eigenvalue weighted by atomic mass is 9.95. The van der Waals surface area contributed by atoms with E-state index >= 15 is 0 Å². The van der Waals surface area contributed by atoms with Crippen LogP contribution >= 0.6 is 0 Å². The van der Waals surface area contributed by atoms with E-state index in [0.717, 1.165) is 38.5 Å². The molecule has 0 spiro atoms. The summed E-state index contributed by atoms with van der Waals surface area (Å²) < 4.78 is 23.0. The molecule has 3 N–H and O–H groups in total. The smallest absolute Gasteiger partial charge is 0.410 e. The van der Waals surface area contributed by atoms with Crippen LogP contribution in [-0.4, -0.2) is 87.7 Å². The van der Waals surface area contributed by atoms with E-state index in [2.05, 4.69) is 0 Å². The van der Waals surface area contributed by atoms with Crippen molar-refractivity contribution < 1.29 is 38.6 Å². The Balaban J connectivity index is 0.000000459. The number of ether oxygens (including phenoxy) is 4. The van der Waals surface area contributed by atoms with E-state index in [1.807, 2.05) is 79.7 Å². The van der Waals surface area contributed by atoms with Gasteiger partial charge in [-0.1, -0.05) is 7.43 Å². The molecule has 0 saturated carbocycles. The van der Waals surface area contributed by atoms with E-state index in [0.29, 0.717) is 37.6 Å². The fourth-order valence-electron chi connectivity index (χ4n) is 5.28. The number of hydrogen-bond acceptors (Lipinski definition) is 10. The number of amides is 2. The number of aliphatic hydroxyl groups excluding tert-OH is 1. The lowest BCUT2D eigenvalue weighted by Gasteiger charge is -2.40. The highest BCUT2D eigenvalue weighted by Crippen LogP contribution is 2.30. The lowest BCUT2D eigenvalue weighted by molar-refractivity contribution is -0.384. The zero-order valence-corrected chi connectivity index (χ0v) is 29.9. The molecule has 2 heterocycles. The first-order valence-corrected chi connectivity index (χ1v) is 16.1. The van der Waals surface area contributed by atoms with Crippen molar-refractivity contribution in [2.24, 2.45) is 0 Å². The predicted octanol–water partition coefficient (Wildman–Crippen LogP) is 7.45. The van der Waals surface area contributed by atoms with Crippen LogP contribution in [0.4, 0.5) is 21.0 Å². The van der Waals surface area contributed by atoms with Crippen LogP contribution in [-0.2, 0) is 9.47 Å². The van der Waals surface area contributed by atoms with Gasteiger partial charge in [0, 0.05) is 38.0 Å². The van der Waals surface area contributed by atoms with Crippen LogP contribution in [0.25, 0.3) is 0 Å². The topological polar surface area (TPSA) is 167 Å². The average Bonchev–Trinajstić information content (AvgIpc) is 2.98. The van der Waals surface area contributed by atoms with Crippen LogP contribution in [0.5, 0.6) is 11.5 Å². The third kappa shape index (κ3) is 14.8. The van der Waals surface area contributed by atoms with Gasteiger partial charge in [0.15, 0.2) is 0 Å². The Labute approximate surface area is 291 Å². The Morgan fingerprint density at radius 2 is 1.10 bits per heavy atom. The van der Waals surface area contributed by atoms with Crippen molar-refractivity contribution in [2.45, 2.75) is 111 Å². The number of benzene rings is 2. The summed E-state index contributed by atoms with van der Waals surface area (Å²) in [7, 11) is 1.00. The highest BCUT2D eigenvalue weighted by molar-refractivity contribution is 5.69. The molecule has 2 aliphatic rings. The van der Waals surface area contributed by atoms with Crippen molar-refractivity contribution in [3.63, 3.8) is 0 Å². The van der Waals surface area contributed by atoms with E-state index in [-0.39, 0.29) is 25.3 Å². The summed E-state index contributed by atoms with van der Waals surface area (Å²) >= 11 is 0. The summed E-state index contributed by atoms with van der Waals surface area (Å²) in [6.07, 6.45) is 2.77. The van der Waals surface area contributed by atoms with Crippen LogP contribution in [0.2, 0.25) is 0 Å². The highest BCUT2D eigenvalue weighted by atomic mass is 16.6. The Hall–Kier alpha value is -4.26. The maximum Gasteiger partial charge on any atom is 0.410 e. The molecule has 2 atom stereocenters. The highest BCUT2D eigenvalue weighted by Gasteiger charge is 2.38. The summed E-state index contributed by atoms with van der Waals surface area (Å²) in [5, 5.41) is 17.7. The third-order valence-electron chi connectivity index (χ3n) is 7.28. The molecule has 0 radical (unpaired) electrons. The SMILES string of the molecule is C.CC(C)(C)OC(=O)N1CCCC(C)(Oc2ccc(N)cc2)C1.CC(C)(C)OC(=O)N1CCCC(C)(Oc2ccc([N+](=O)[O-])cc2)C1.CO. The molecule has 276 valence electrons. The van der Waals surface area contributed by atoms with Gasteiger partial charge in [0.2, 0.25) is 0 Å². The quantitative estimate of drug-likeness (QED) is 0.183. The molecule has 0 aliphatic carbocycles. The number of anilines is 1. The first-order valence-electron chi connectivity index (χ1n) is 16.1. The number of non-ortho nitro benzene ring substituents is 1. The van der Waals surface area contributed by atoms with E-state index in [9.17, 15) is 19.7 Å². The second-order valence-electron chi connectivity index (χ2n) is 14.4. The number of likely N-dealkylation sites (tertiary alicyclic amines) is 2. The van der Waals surface area contributed by atoms with Crippen molar-refractivity contribution in [1.82, 2.24) is 9.80 Å². The fourth-order valence-corrected chi connectivity index (χ4v) is 5.28. The number of carbonyl (C=O) groups is 2. The first-order chi connectivity index (χ1) is 22.2. The number of nitro benzene ring substituents is 1. The Kier molecular flexibility index (Phi) is 15.7. The number of nitrogens with zero attached hydrogens (tertiary/aromatic N) is 3. The molecule has 2 aliphatic heterocycles. The van der Waals surface area contributed by atoms with Gasteiger partial charge >= 0.3 is 12.2 Å². The van der Waals surface area contributed by atoms with Crippen molar-refractivity contribution in [3.05, 3.63) is 58.6 Å². The zero-order chi connectivity index (χ0) is 36.3. The second-order valence-corrected chi connectivity index (χ2v) is 14.4. The molecule has 4 rings (SSSR count). The standard InChI is InChI=1S/C17H24N2O5.C17H26N2O3.CH4O.CH4/c1-16(2,3)24-15(20)18-11-5-10-17(4,12-18)23-14-8-6-13(7-9-14)19(21)22;1-16(2,3)22-15(20)19-11-5-10-17(4,12-19)21-14-8-6-13(18)7-9-14;1-2;/h6-9H,5,10-12H2,1-4H3;6-9H,5,10-12,18H2,1-4H3;2H,1H3;1H4. The van der Waals surface area contributed by atoms with Crippen LogP contribution in [0.3, 0.4) is 0 Å². The summed E-state index contributed by atoms with van der Waals surface area (Å²) in [6.45, 7) is 17.4. The maximum atomic E-state index is 12.2. The number of nitro groups is 1. The normalized spacial score (nSPS) is 20.5. The molecule has 0 aromatic heterocycles. The largest absolute Gasteiger partial charge is 0.486 e. The van der Waals surface area contributed by atoms with Gasteiger partial charge in [0.25, 0.3) is 5.69 Å². The van der Waals surface area contributed by atoms with E-state index < -0.39 is 27.3 Å². The van der Waals surface area contributed by atoms with Gasteiger partial charge in [0.05, 0.1) is 18.0 Å². The predicted molar refractivity (Wildman–Crippen MR) is 191 cm³/mol. The number of nitrogen functional groups attached to an aromatic ring is 1. The van der Waals surface area contributed by atoms with Crippen LogP contribution < -0.4 is 15.2 Å². The van der Waals surface area contributed by atoms with E-state index in [4.69, 9.17) is 29.8 Å². The molecule has 2 aromatic carbocycles. The number of carbonyl (C=O) groups excluding carboxylic acids is 2. The molecule has 49 heavy (non-hydrogen) atoms. The first kappa shape index (κ1) is 42.8. The van der Waals surface area contributed by atoms with E-state index in [1.54, 1.807) is 21.9 Å². The molecule has 2 unspecified atom stereocenters. The molecule has 13 nitrogen and oxygen atoms in total. The summed E-state index contributed by atoms with van der Waals surface area (Å²) in [5.41, 5.74) is 4.43. The Bertz CT molecular complexity index is 1340. The minimum Gasteiger partial charge on any atom is -0.486 e. The van der Waals surface area contributed by atoms with Gasteiger partial charge in [0.1, 0.15) is 33.9 Å².